The van der Waals surface area contributed by atoms with Crippen LogP contribution in [0.3, 0.4) is 0 Å². The number of hydrogen-bond acceptors (Lipinski definition) is 5. The lowest BCUT2D eigenvalue weighted by Gasteiger charge is -2.25. The van der Waals surface area contributed by atoms with E-state index >= 15 is 0 Å². The van der Waals surface area contributed by atoms with Gasteiger partial charge in [0.1, 0.15) is 0 Å². The van der Waals surface area contributed by atoms with Crippen LogP contribution in [0.2, 0.25) is 0 Å². The number of halogens is 3. The largest absolute Gasteiger partial charge is 0.416 e. The van der Waals surface area contributed by atoms with Crippen LogP contribution < -0.4 is 9.80 Å². The van der Waals surface area contributed by atoms with Crippen molar-refractivity contribution in [2.45, 2.75) is 62.0 Å². The van der Waals surface area contributed by atoms with Crippen molar-refractivity contribution in [1.82, 2.24) is 4.98 Å². The van der Waals surface area contributed by atoms with Gasteiger partial charge in [-0.3, -0.25) is 9.69 Å². The van der Waals surface area contributed by atoms with Crippen molar-refractivity contribution in [3.8, 4) is 0 Å². The molecule has 1 fully saturated rings. The summed E-state index contributed by atoms with van der Waals surface area (Å²) in [5, 5.41) is 2.91. The van der Waals surface area contributed by atoms with Crippen LogP contribution >= 0.6 is 23.1 Å². The average Bonchev–Trinajstić information content (AvgIpc) is 3.38. The van der Waals surface area contributed by atoms with E-state index in [2.05, 4.69) is 11.9 Å². The zero-order valence-electron chi connectivity index (χ0n) is 16.2. The summed E-state index contributed by atoms with van der Waals surface area (Å²) in [6.07, 6.45) is -1.52. The Bertz CT molecular complexity index is 911. The molecule has 9 heteroatoms. The molecule has 1 aliphatic heterocycles. The van der Waals surface area contributed by atoms with E-state index in [1.807, 2.05) is 10.3 Å². The van der Waals surface area contributed by atoms with Crippen LogP contribution in [0.5, 0.6) is 0 Å². The smallest absolute Gasteiger partial charge is 0.365 e. The molecule has 29 heavy (non-hydrogen) atoms. The van der Waals surface area contributed by atoms with Crippen LogP contribution in [0.15, 0.2) is 28.5 Å². The standard InChI is InChI=1S/C20H22F3N3OS2/c1-12-7-8-25(17-9-14(20(21,22)23)3-6-18(17)29-12)10-15-11-28-19(24-15)26(13(2)27)16-4-5-16/h3,6,9,11-12,16H,4-5,7-8,10H2,1-2H3/t12-/m1/s1. The van der Waals surface area contributed by atoms with Crippen molar-refractivity contribution in [3.63, 3.8) is 0 Å². The van der Waals surface area contributed by atoms with Crippen LogP contribution in [0, 0.1) is 0 Å². The number of alkyl halides is 3. The molecule has 1 amide bonds. The fourth-order valence-electron chi connectivity index (χ4n) is 3.49. The first kappa shape index (κ1) is 20.5. The predicted molar refractivity (Wildman–Crippen MR) is 111 cm³/mol. The van der Waals surface area contributed by atoms with Crippen molar-refractivity contribution in [2.75, 3.05) is 16.3 Å². The summed E-state index contributed by atoms with van der Waals surface area (Å²) in [4.78, 5) is 21.2. The molecule has 0 bridgehead atoms. The van der Waals surface area contributed by atoms with Gasteiger partial charge in [-0.15, -0.1) is 23.1 Å². The van der Waals surface area contributed by atoms with E-state index in [1.165, 1.54) is 17.4 Å². The van der Waals surface area contributed by atoms with Crippen molar-refractivity contribution in [2.24, 2.45) is 0 Å². The Hall–Kier alpha value is -1.74. The molecule has 4 nitrogen and oxygen atoms in total. The number of nitrogens with zero attached hydrogens (tertiary/aromatic N) is 3. The molecule has 0 unspecified atom stereocenters. The highest BCUT2D eigenvalue weighted by atomic mass is 32.2. The maximum Gasteiger partial charge on any atom is 0.416 e. The average molecular weight is 442 g/mol. The van der Waals surface area contributed by atoms with E-state index in [0.717, 1.165) is 35.9 Å². The van der Waals surface area contributed by atoms with E-state index in [-0.39, 0.29) is 11.9 Å². The number of rotatable bonds is 4. The lowest BCUT2D eigenvalue weighted by atomic mass is 10.1. The number of carbonyl (C=O) groups excluding carboxylic acids is 1. The number of hydrogen-bond donors (Lipinski definition) is 0. The van der Waals surface area contributed by atoms with Crippen molar-refractivity contribution in [3.05, 3.63) is 34.8 Å². The van der Waals surface area contributed by atoms with Gasteiger partial charge in [0.15, 0.2) is 5.13 Å². The van der Waals surface area contributed by atoms with E-state index in [0.29, 0.717) is 29.2 Å². The summed E-state index contributed by atoms with van der Waals surface area (Å²) >= 11 is 3.03. The third-order valence-corrected chi connectivity index (χ3v) is 7.24. The van der Waals surface area contributed by atoms with E-state index in [1.54, 1.807) is 29.7 Å². The lowest BCUT2D eigenvalue weighted by Crippen LogP contribution is -2.30. The number of aromatic nitrogens is 1. The minimum atomic E-state index is -4.37. The molecular weight excluding hydrogens is 419 g/mol. The number of anilines is 2. The first-order valence-corrected chi connectivity index (χ1v) is 11.4. The van der Waals surface area contributed by atoms with Gasteiger partial charge in [-0.25, -0.2) is 4.98 Å². The van der Waals surface area contributed by atoms with Gasteiger partial charge >= 0.3 is 6.18 Å². The van der Waals surface area contributed by atoms with Gasteiger partial charge in [-0.05, 0) is 37.5 Å². The van der Waals surface area contributed by atoms with Gasteiger partial charge in [0, 0.05) is 35.0 Å². The molecule has 1 saturated carbocycles. The van der Waals surface area contributed by atoms with E-state index < -0.39 is 11.7 Å². The van der Waals surface area contributed by atoms with Gasteiger partial charge in [-0.2, -0.15) is 13.2 Å². The summed E-state index contributed by atoms with van der Waals surface area (Å²) in [5.41, 5.74) is 0.751. The molecule has 2 aliphatic rings. The number of carbonyl (C=O) groups is 1. The van der Waals surface area contributed by atoms with Gasteiger partial charge in [0.25, 0.3) is 0 Å². The second kappa shape index (κ2) is 7.83. The fourth-order valence-corrected chi connectivity index (χ4v) is 5.54. The molecular formula is C20H22F3N3OS2. The summed E-state index contributed by atoms with van der Waals surface area (Å²) in [5.74, 6) is -0.0199. The molecule has 1 aliphatic carbocycles. The van der Waals surface area contributed by atoms with Gasteiger partial charge in [0.05, 0.1) is 23.5 Å². The number of fused-ring (bicyclic) bond motifs is 1. The molecule has 0 saturated heterocycles. The zero-order chi connectivity index (χ0) is 20.8. The number of amides is 1. The van der Waals surface area contributed by atoms with Crippen LogP contribution in [0.4, 0.5) is 24.0 Å². The van der Waals surface area contributed by atoms with E-state index in [4.69, 9.17) is 0 Å². The molecule has 1 aromatic heterocycles. The summed E-state index contributed by atoms with van der Waals surface area (Å²) < 4.78 is 39.8. The molecule has 0 N–H and O–H groups in total. The second-order valence-electron chi connectivity index (χ2n) is 7.56. The predicted octanol–water partition coefficient (Wildman–Crippen LogP) is 5.57. The Labute approximate surface area is 176 Å². The monoisotopic (exact) mass is 441 g/mol. The minimum Gasteiger partial charge on any atom is -0.365 e. The zero-order valence-corrected chi connectivity index (χ0v) is 17.8. The van der Waals surface area contributed by atoms with Crippen LogP contribution in [-0.2, 0) is 17.5 Å². The Morgan fingerprint density at radius 2 is 2.07 bits per heavy atom. The molecule has 1 atom stereocenters. The Morgan fingerprint density at radius 3 is 2.72 bits per heavy atom. The topological polar surface area (TPSA) is 36.4 Å². The van der Waals surface area contributed by atoms with Crippen molar-refractivity contribution >= 4 is 39.8 Å². The fraction of sp³-hybridized carbons (Fsp3) is 0.500. The van der Waals surface area contributed by atoms with Crippen LogP contribution in [0.25, 0.3) is 0 Å². The summed E-state index contributed by atoms with van der Waals surface area (Å²) in [7, 11) is 0. The quantitative estimate of drug-likeness (QED) is 0.622. The van der Waals surface area contributed by atoms with E-state index in [9.17, 15) is 18.0 Å². The van der Waals surface area contributed by atoms with Gasteiger partial charge in [-0.1, -0.05) is 6.92 Å². The van der Waals surface area contributed by atoms with Crippen molar-refractivity contribution < 1.29 is 18.0 Å². The third kappa shape index (κ3) is 4.55. The third-order valence-electron chi connectivity index (χ3n) is 5.11. The van der Waals surface area contributed by atoms with Crippen molar-refractivity contribution in [1.29, 1.82) is 0 Å². The Balaban J connectivity index is 1.61. The first-order chi connectivity index (χ1) is 13.7. The number of thiazole rings is 1. The molecule has 2 aromatic rings. The maximum atomic E-state index is 13.3. The molecule has 1 aromatic carbocycles. The summed E-state index contributed by atoms with van der Waals surface area (Å²) in [6.45, 7) is 4.72. The molecule has 156 valence electrons. The first-order valence-electron chi connectivity index (χ1n) is 9.59. The SMILES string of the molecule is CC(=O)N(c1nc(CN2CC[C@@H](C)Sc3ccc(C(F)(F)F)cc32)cs1)C1CC1. The second-order valence-corrected chi connectivity index (χ2v) is 9.88. The molecule has 0 radical (unpaired) electrons. The van der Waals surface area contributed by atoms with Crippen LogP contribution in [-0.4, -0.2) is 28.7 Å². The highest BCUT2D eigenvalue weighted by Crippen LogP contribution is 2.42. The highest BCUT2D eigenvalue weighted by molar-refractivity contribution is 8.00. The number of thioether (sulfide) groups is 1. The lowest BCUT2D eigenvalue weighted by molar-refractivity contribution is -0.137. The molecule has 0 spiro atoms. The van der Waals surface area contributed by atoms with Gasteiger partial charge < -0.3 is 4.90 Å². The Kier molecular flexibility index (Phi) is 5.54. The number of benzene rings is 1. The summed E-state index contributed by atoms with van der Waals surface area (Å²) in [6, 6.07) is 4.22. The normalized spacial score (nSPS) is 19.6. The van der Waals surface area contributed by atoms with Gasteiger partial charge in [0.2, 0.25) is 5.91 Å². The molecule has 2 heterocycles. The Morgan fingerprint density at radius 1 is 1.31 bits per heavy atom. The maximum absolute atomic E-state index is 13.3. The highest BCUT2D eigenvalue weighted by Gasteiger charge is 2.34. The molecule has 4 rings (SSSR count). The van der Waals surface area contributed by atoms with Crippen LogP contribution in [0.1, 0.15) is 44.4 Å². The minimum absolute atomic E-state index is 0.0199.